The van der Waals surface area contributed by atoms with Gasteiger partial charge in [0.25, 0.3) is 0 Å². The molecule has 2 fully saturated rings. The van der Waals surface area contributed by atoms with Gasteiger partial charge in [-0.1, -0.05) is 6.42 Å². The van der Waals surface area contributed by atoms with E-state index in [1.807, 2.05) is 11.9 Å². The number of likely N-dealkylation sites (N-methyl/N-ethyl adjacent to an activating group) is 1. The Labute approximate surface area is 103 Å². The predicted octanol–water partition coefficient (Wildman–Crippen LogP) is -0.217. The molecule has 2 rings (SSSR count). The number of hydrogen-bond acceptors (Lipinski definition) is 4. The summed E-state index contributed by atoms with van der Waals surface area (Å²) in [4.78, 5) is 14.6. The van der Waals surface area contributed by atoms with Crippen molar-refractivity contribution in [2.24, 2.45) is 11.1 Å². The van der Waals surface area contributed by atoms with Crippen LogP contribution in [0.2, 0.25) is 0 Å². The van der Waals surface area contributed by atoms with Crippen molar-refractivity contribution in [1.82, 2.24) is 15.3 Å². The molecule has 0 aromatic carbocycles. The number of hydrazine groups is 1. The number of carbonyl (C=O) groups excluding carboxylic acids is 1. The second-order valence-electron chi connectivity index (χ2n) is 5.65. The molecule has 98 valence electrons. The summed E-state index contributed by atoms with van der Waals surface area (Å²) >= 11 is 0. The number of carbonyl (C=O) groups is 1. The van der Waals surface area contributed by atoms with Crippen LogP contribution in [0.1, 0.15) is 26.2 Å². The normalized spacial score (nSPS) is 36.1. The summed E-state index contributed by atoms with van der Waals surface area (Å²) in [5, 5.41) is 2.03. The average molecular weight is 240 g/mol. The van der Waals surface area contributed by atoms with Gasteiger partial charge in [0.05, 0.1) is 5.41 Å². The quantitative estimate of drug-likeness (QED) is 0.701. The number of nitrogens with zero attached hydrogens (tertiary/aromatic N) is 2. The van der Waals surface area contributed by atoms with E-state index in [1.54, 1.807) is 0 Å². The number of nitrogens with one attached hydrogen (secondary N) is 1. The molecule has 2 atom stereocenters. The van der Waals surface area contributed by atoms with Gasteiger partial charge in [-0.05, 0) is 26.8 Å². The van der Waals surface area contributed by atoms with Gasteiger partial charge < -0.3 is 10.6 Å². The van der Waals surface area contributed by atoms with Crippen LogP contribution in [0.25, 0.3) is 0 Å². The highest BCUT2D eigenvalue weighted by molar-refractivity contribution is 5.83. The van der Waals surface area contributed by atoms with Crippen LogP contribution in [0, 0.1) is 5.41 Å². The highest BCUT2D eigenvalue weighted by atomic mass is 16.2. The maximum Gasteiger partial charge on any atom is 0.241 e. The van der Waals surface area contributed by atoms with Crippen molar-refractivity contribution >= 4 is 5.91 Å². The van der Waals surface area contributed by atoms with Crippen LogP contribution >= 0.6 is 0 Å². The van der Waals surface area contributed by atoms with Gasteiger partial charge in [0, 0.05) is 32.2 Å². The van der Waals surface area contributed by atoms with Crippen LogP contribution in [-0.4, -0.2) is 55.1 Å². The Morgan fingerprint density at radius 2 is 2.00 bits per heavy atom. The van der Waals surface area contributed by atoms with E-state index in [1.165, 1.54) is 0 Å². The first-order valence-electron chi connectivity index (χ1n) is 6.52. The third-order valence-corrected chi connectivity index (χ3v) is 4.31. The number of nitrogens with two attached hydrogens (primary N) is 1. The minimum absolute atomic E-state index is 0.00923. The molecular weight excluding hydrogens is 216 g/mol. The lowest BCUT2D eigenvalue weighted by molar-refractivity contribution is -0.136. The second-order valence-corrected chi connectivity index (χ2v) is 5.65. The van der Waals surface area contributed by atoms with E-state index in [9.17, 15) is 4.79 Å². The summed E-state index contributed by atoms with van der Waals surface area (Å²) in [5.74, 6) is 0.104. The lowest BCUT2D eigenvalue weighted by Crippen LogP contribution is -2.57. The van der Waals surface area contributed by atoms with E-state index < -0.39 is 0 Å². The number of rotatable bonds is 2. The summed E-state index contributed by atoms with van der Waals surface area (Å²) in [6.07, 6.45) is 2.94. The molecule has 2 aliphatic rings. The zero-order chi connectivity index (χ0) is 12.5. The average Bonchev–Trinajstić information content (AvgIpc) is 2.64. The summed E-state index contributed by atoms with van der Waals surface area (Å²) in [6.45, 7) is 5.79. The highest BCUT2D eigenvalue weighted by Crippen LogP contribution is 2.36. The summed E-state index contributed by atoms with van der Waals surface area (Å²) in [7, 11) is 2.10. The van der Waals surface area contributed by atoms with Crippen molar-refractivity contribution in [3.05, 3.63) is 0 Å². The van der Waals surface area contributed by atoms with Gasteiger partial charge >= 0.3 is 0 Å². The van der Waals surface area contributed by atoms with Crippen LogP contribution in [0.3, 0.4) is 0 Å². The maximum absolute atomic E-state index is 12.3. The Bertz CT molecular complexity index is 288. The fraction of sp³-hybridized carbons (Fsp3) is 0.917. The number of amides is 1. The molecule has 0 radical (unpaired) electrons. The molecule has 1 saturated carbocycles. The Morgan fingerprint density at radius 3 is 2.53 bits per heavy atom. The van der Waals surface area contributed by atoms with Crippen molar-refractivity contribution in [1.29, 1.82) is 0 Å². The third kappa shape index (κ3) is 2.61. The van der Waals surface area contributed by atoms with Gasteiger partial charge in [-0.3, -0.25) is 10.2 Å². The lowest BCUT2D eigenvalue weighted by atomic mass is 9.84. The van der Waals surface area contributed by atoms with Crippen molar-refractivity contribution in [2.75, 3.05) is 33.2 Å². The molecule has 17 heavy (non-hydrogen) atoms. The van der Waals surface area contributed by atoms with E-state index in [-0.39, 0.29) is 17.4 Å². The standard InChI is InChI=1S/C12H24N4O/c1-12(5-3-4-10(12)13)11(17)14-16-8-6-15(2)7-9-16/h10H,3-9,13H2,1-2H3,(H,14,17). The van der Waals surface area contributed by atoms with Crippen LogP contribution in [0.15, 0.2) is 0 Å². The Hall–Kier alpha value is -0.650. The molecule has 2 unspecified atom stereocenters. The summed E-state index contributed by atoms with van der Waals surface area (Å²) in [5.41, 5.74) is 8.72. The molecule has 0 spiro atoms. The minimum Gasteiger partial charge on any atom is -0.327 e. The fourth-order valence-corrected chi connectivity index (χ4v) is 2.66. The van der Waals surface area contributed by atoms with Crippen LogP contribution < -0.4 is 11.2 Å². The molecular formula is C12H24N4O. The molecule has 0 aromatic heterocycles. The zero-order valence-electron chi connectivity index (χ0n) is 10.9. The first-order valence-corrected chi connectivity index (χ1v) is 6.52. The smallest absolute Gasteiger partial charge is 0.241 e. The molecule has 1 aliphatic carbocycles. The van der Waals surface area contributed by atoms with E-state index in [0.29, 0.717) is 0 Å². The SMILES string of the molecule is CN1CCN(NC(=O)C2(C)CCCC2N)CC1. The van der Waals surface area contributed by atoms with Gasteiger partial charge in [-0.25, -0.2) is 5.01 Å². The van der Waals surface area contributed by atoms with Crippen molar-refractivity contribution in [3.8, 4) is 0 Å². The van der Waals surface area contributed by atoms with E-state index in [2.05, 4.69) is 17.4 Å². The van der Waals surface area contributed by atoms with Crippen LogP contribution in [0.4, 0.5) is 0 Å². The Morgan fingerprint density at radius 1 is 1.35 bits per heavy atom. The van der Waals surface area contributed by atoms with Gasteiger partial charge in [-0.2, -0.15) is 0 Å². The molecule has 5 nitrogen and oxygen atoms in total. The third-order valence-electron chi connectivity index (χ3n) is 4.31. The van der Waals surface area contributed by atoms with Crippen molar-refractivity contribution in [2.45, 2.75) is 32.2 Å². The molecule has 1 heterocycles. The first-order chi connectivity index (χ1) is 8.02. The molecule has 1 amide bonds. The van der Waals surface area contributed by atoms with E-state index >= 15 is 0 Å². The lowest BCUT2D eigenvalue weighted by Gasteiger charge is -2.36. The second kappa shape index (κ2) is 4.92. The first kappa shape index (κ1) is 12.8. The maximum atomic E-state index is 12.3. The molecule has 1 aliphatic heterocycles. The Balaban J connectivity index is 1.88. The van der Waals surface area contributed by atoms with Crippen LogP contribution in [-0.2, 0) is 4.79 Å². The predicted molar refractivity (Wildman–Crippen MR) is 67.1 cm³/mol. The number of piperazine rings is 1. The zero-order valence-corrected chi connectivity index (χ0v) is 10.9. The molecule has 5 heteroatoms. The number of hydrogen-bond donors (Lipinski definition) is 2. The topological polar surface area (TPSA) is 61.6 Å². The van der Waals surface area contributed by atoms with Gasteiger partial charge in [-0.15, -0.1) is 0 Å². The molecule has 1 saturated heterocycles. The summed E-state index contributed by atoms with van der Waals surface area (Å²) in [6, 6.07) is 0.00923. The van der Waals surface area contributed by atoms with Gasteiger partial charge in [0.2, 0.25) is 5.91 Å². The largest absolute Gasteiger partial charge is 0.327 e. The van der Waals surface area contributed by atoms with Crippen molar-refractivity contribution in [3.63, 3.8) is 0 Å². The molecule has 0 aromatic rings. The fourth-order valence-electron chi connectivity index (χ4n) is 2.66. The van der Waals surface area contributed by atoms with Gasteiger partial charge in [0.1, 0.15) is 0 Å². The van der Waals surface area contributed by atoms with Gasteiger partial charge in [0.15, 0.2) is 0 Å². The minimum atomic E-state index is -0.372. The Kier molecular flexibility index (Phi) is 3.70. The van der Waals surface area contributed by atoms with E-state index in [0.717, 1.165) is 45.4 Å². The molecule has 3 N–H and O–H groups in total. The molecule has 0 bridgehead atoms. The highest BCUT2D eigenvalue weighted by Gasteiger charge is 2.43. The summed E-state index contributed by atoms with van der Waals surface area (Å²) < 4.78 is 0. The monoisotopic (exact) mass is 240 g/mol. The van der Waals surface area contributed by atoms with Crippen molar-refractivity contribution < 1.29 is 4.79 Å². The van der Waals surface area contributed by atoms with E-state index in [4.69, 9.17) is 5.73 Å². The van der Waals surface area contributed by atoms with Crippen LogP contribution in [0.5, 0.6) is 0 Å².